The molecule has 4 rings (SSSR count). The summed E-state index contributed by atoms with van der Waals surface area (Å²) in [5.74, 6) is 1.15. The van der Waals surface area contributed by atoms with Crippen molar-refractivity contribution in [2.45, 2.75) is 91.6 Å². The van der Waals surface area contributed by atoms with E-state index < -0.39 is 12.1 Å². The normalized spacial score (nSPS) is 47.8. The Balaban J connectivity index is 1.64. The van der Waals surface area contributed by atoms with Crippen molar-refractivity contribution in [1.29, 1.82) is 0 Å². The second-order valence-electron chi connectivity index (χ2n) is 11.9. The first-order valence-electron chi connectivity index (χ1n) is 12.4. The van der Waals surface area contributed by atoms with Gasteiger partial charge in [0.2, 0.25) is 0 Å². The van der Waals surface area contributed by atoms with E-state index in [1.807, 2.05) is 0 Å². The zero-order valence-electron chi connectivity index (χ0n) is 19.6. The first-order valence-corrected chi connectivity index (χ1v) is 12.4. The topological polar surface area (TPSA) is 91.7 Å². The van der Waals surface area contributed by atoms with Crippen molar-refractivity contribution in [3.05, 3.63) is 0 Å². The third-order valence-corrected chi connectivity index (χ3v) is 10.5. The summed E-state index contributed by atoms with van der Waals surface area (Å²) in [5, 5.41) is 19.6. The summed E-state index contributed by atoms with van der Waals surface area (Å²) < 4.78 is 0. The van der Waals surface area contributed by atoms with Crippen molar-refractivity contribution in [2.75, 3.05) is 0 Å². The maximum Gasteiger partial charge on any atom is 0.303 e. The van der Waals surface area contributed by atoms with Crippen molar-refractivity contribution in [1.82, 2.24) is 0 Å². The minimum Gasteiger partial charge on any atom is -0.481 e. The van der Waals surface area contributed by atoms with E-state index in [4.69, 9.17) is 5.11 Å². The molecule has 31 heavy (non-hydrogen) atoms. The molecule has 0 aromatic rings. The standard InChI is InChI=1S/C26H40O5/c1-14(5-10-23(30)31)19-8-9-20-18-7-6-16-11-17(28)12-21(15(2)27)26(16,4)24(18)22(29)13-25(19,20)3/h14,16-21,24,28H,5-13H2,1-4H3,(H,30,31)/t14-,16?,17+,18+,19-,20+,21?,24-,25-,26-/m1/s1. The third kappa shape index (κ3) is 3.50. The SMILES string of the molecule is CC(=O)C1C[C@@H](O)CC2CC[C@@H]3[C@H](C(=O)C[C@]4(C)[C@@H]([C@H](C)CCC(=O)O)CC[C@@H]34)[C@]21C. The van der Waals surface area contributed by atoms with Gasteiger partial charge in [-0.1, -0.05) is 20.8 Å². The molecule has 5 nitrogen and oxygen atoms in total. The molecule has 0 aliphatic heterocycles. The Morgan fingerprint density at radius 2 is 1.84 bits per heavy atom. The molecule has 0 aromatic heterocycles. The minimum atomic E-state index is -0.743. The highest BCUT2D eigenvalue weighted by atomic mass is 16.4. The number of aliphatic hydroxyl groups is 1. The number of aliphatic hydroxyl groups excluding tert-OH is 1. The molecule has 4 aliphatic rings. The highest BCUT2D eigenvalue weighted by Gasteiger charge is 2.66. The Hall–Kier alpha value is -1.23. The highest BCUT2D eigenvalue weighted by Crippen LogP contribution is 2.68. The van der Waals surface area contributed by atoms with Crippen LogP contribution < -0.4 is 0 Å². The Morgan fingerprint density at radius 1 is 1.13 bits per heavy atom. The number of rotatable bonds is 5. The second-order valence-corrected chi connectivity index (χ2v) is 11.9. The molecule has 2 unspecified atom stereocenters. The summed E-state index contributed by atoms with van der Waals surface area (Å²) in [6.45, 7) is 8.29. The van der Waals surface area contributed by atoms with Gasteiger partial charge in [0.15, 0.2) is 0 Å². The smallest absolute Gasteiger partial charge is 0.303 e. The van der Waals surface area contributed by atoms with E-state index >= 15 is 0 Å². The van der Waals surface area contributed by atoms with Gasteiger partial charge in [-0.15, -0.1) is 0 Å². The lowest BCUT2D eigenvalue weighted by Gasteiger charge is -2.62. The van der Waals surface area contributed by atoms with E-state index in [1.54, 1.807) is 6.92 Å². The van der Waals surface area contributed by atoms with Gasteiger partial charge in [0, 0.05) is 24.7 Å². The van der Waals surface area contributed by atoms with Crippen molar-refractivity contribution >= 4 is 17.5 Å². The number of carboxylic acids is 1. The lowest BCUT2D eigenvalue weighted by atomic mass is 9.41. The summed E-state index contributed by atoms with van der Waals surface area (Å²) in [6.07, 6.45) is 6.42. The summed E-state index contributed by atoms with van der Waals surface area (Å²) in [4.78, 5) is 37.6. The van der Waals surface area contributed by atoms with Crippen LogP contribution in [0.3, 0.4) is 0 Å². The van der Waals surface area contributed by atoms with Gasteiger partial charge in [-0.25, -0.2) is 0 Å². The monoisotopic (exact) mass is 432 g/mol. The molecule has 4 saturated carbocycles. The van der Waals surface area contributed by atoms with Gasteiger partial charge in [-0.2, -0.15) is 0 Å². The number of Topliss-reactive ketones (excluding diaryl/α,β-unsaturated/α-hetero) is 2. The van der Waals surface area contributed by atoms with E-state index in [0.717, 1.165) is 25.7 Å². The maximum atomic E-state index is 13.9. The summed E-state index contributed by atoms with van der Waals surface area (Å²) in [7, 11) is 0. The molecule has 0 heterocycles. The maximum absolute atomic E-state index is 13.9. The number of hydrogen-bond donors (Lipinski definition) is 2. The molecule has 0 aromatic carbocycles. The Labute approximate surface area is 186 Å². The Bertz CT molecular complexity index is 761. The van der Waals surface area contributed by atoms with Gasteiger partial charge in [-0.3, -0.25) is 14.4 Å². The van der Waals surface area contributed by atoms with E-state index in [9.17, 15) is 19.5 Å². The number of carbonyl (C=O) groups is 3. The average Bonchev–Trinajstić information content (AvgIpc) is 3.02. The van der Waals surface area contributed by atoms with Gasteiger partial charge < -0.3 is 10.2 Å². The molecule has 2 N–H and O–H groups in total. The van der Waals surface area contributed by atoms with Crippen LogP contribution >= 0.6 is 0 Å². The first-order chi connectivity index (χ1) is 14.5. The van der Waals surface area contributed by atoms with Gasteiger partial charge >= 0.3 is 5.97 Å². The fourth-order valence-corrected chi connectivity index (χ4v) is 9.26. The second kappa shape index (κ2) is 7.97. The van der Waals surface area contributed by atoms with E-state index in [0.29, 0.717) is 55.1 Å². The van der Waals surface area contributed by atoms with E-state index in [-0.39, 0.29) is 40.8 Å². The molecule has 4 aliphatic carbocycles. The first kappa shape index (κ1) is 22.9. The molecule has 10 atom stereocenters. The largest absolute Gasteiger partial charge is 0.481 e. The number of hydrogen-bond acceptors (Lipinski definition) is 4. The molecule has 0 amide bonds. The zero-order chi connectivity index (χ0) is 22.7. The quantitative estimate of drug-likeness (QED) is 0.667. The van der Waals surface area contributed by atoms with Gasteiger partial charge in [0.25, 0.3) is 0 Å². The van der Waals surface area contributed by atoms with Crippen molar-refractivity contribution in [3.63, 3.8) is 0 Å². The minimum absolute atomic E-state index is 0.0563. The van der Waals surface area contributed by atoms with Crippen LogP contribution in [-0.2, 0) is 14.4 Å². The van der Waals surface area contributed by atoms with Crippen LogP contribution in [0, 0.1) is 52.3 Å². The molecule has 4 fully saturated rings. The van der Waals surface area contributed by atoms with E-state index in [2.05, 4.69) is 20.8 Å². The number of fused-ring (bicyclic) bond motifs is 5. The number of ketones is 2. The Kier molecular flexibility index (Phi) is 5.90. The Morgan fingerprint density at radius 3 is 2.48 bits per heavy atom. The molecular formula is C26H40O5. The lowest BCUT2D eigenvalue weighted by Crippen LogP contribution is -2.61. The molecule has 0 saturated heterocycles. The zero-order valence-corrected chi connectivity index (χ0v) is 19.6. The summed E-state index contributed by atoms with van der Waals surface area (Å²) in [6, 6.07) is 0. The van der Waals surface area contributed by atoms with Gasteiger partial charge in [0.05, 0.1) is 6.10 Å². The predicted octanol–water partition coefficient (Wildman–Crippen LogP) is 4.50. The fraction of sp³-hybridized carbons (Fsp3) is 0.885. The summed E-state index contributed by atoms with van der Waals surface area (Å²) >= 11 is 0. The van der Waals surface area contributed by atoms with Crippen LogP contribution in [0.1, 0.15) is 85.5 Å². The number of carbonyl (C=O) groups excluding carboxylic acids is 2. The molecule has 174 valence electrons. The number of aliphatic carboxylic acids is 1. The molecule has 5 heteroatoms. The molecule has 0 radical (unpaired) electrons. The highest BCUT2D eigenvalue weighted by molar-refractivity contribution is 5.86. The van der Waals surface area contributed by atoms with E-state index in [1.165, 1.54) is 0 Å². The predicted molar refractivity (Wildman–Crippen MR) is 117 cm³/mol. The van der Waals surface area contributed by atoms with Crippen molar-refractivity contribution in [2.24, 2.45) is 52.3 Å². The van der Waals surface area contributed by atoms with Gasteiger partial charge in [0.1, 0.15) is 11.6 Å². The lowest BCUT2D eigenvalue weighted by molar-refractivity contribution is -0.176. The van der Waals surface area contributed by atoms with Crippen LogP contribution in [-0.4, -0.2) is 33.9 Å². The molecule has 0 bridgehead atoms. The van der Waals surface area contributed by atoms with Crippen LogP contribution in [0.15, 0.2) is 0 Å². The van der Waals surface area contributed by atoms with Gasteiger partial charge in [-0.05, 0) is 92.3 Å². The fourth-order valence-electron chi connectivity index (χ4n) is 9.26. The number of carboxylic acid groups (broad SMARTS) is 1. The van der Waals surface area contributed by atoms with Crippen LogP contribution in [0.25, 0.3) is 0 Å². The van der Waals surface area contributed by atoms with Crippen LogP contribution in [0.5, 0.6) is 0 Å². The molecular weight excluding hydrogens is 392 g/mol. The van der Waals surface area contributed by atoms with Crippen molar-refractivity contribution in [3.8, 4) is 0 Å². The third-order valence-electron chi connectivity index (χ3n) is 10.5. The van der Waals surface area contributed by atoms with Crippen molar-refractivity contribution < 1.29 is 24.6 Å². The summed E-state index contributed by atoms with van der Waals surface area (Å²) in [5.41, 5.74) is -0.390. The van der Waals surface area contributed by atoms with Crippen LogP contribution in [0.4, 0.5) is 0 Å². The molecule has 0 spiro atoms. The van der Waals surface area contributed by atoms with Crippen LogP contribution in [0.2, 0.25) is 0 Å². The average molecular weight is 433 g/mol.